The Bertz CT molecular complexity index is 228. The first kappa shape index (κ1) is 12.5. The zero-order chi connectivity index (χ0) is 11.1. The average molecular weight is 209 g/mol. The highest BCUT2D eigenvalue weighted by Gasteiger charge is 2.32. The van der Waals surface area contributed by atoms with E-state index in [1.54, 1.807) is 0 Å². The molecular weight excluding hydrogens is 186 g/mol. The van der Waals surface area contributed by atoms with E-state index in [2.05, 4.69) is 31.1 Å². The smallest absolute Gasteiger partial charge is 0.0616 e. The third-order valence-electron chi connectivity index (χ3n) is 3.31. The molecule has 0 spiro atoms. The largest absolute Gasteiger partial charge is 0.378 e. The Labute approximate surface area is 93.8 Å². The van der Waals surface area contributed by atoms with Crippen LogP contribution >= 0.6 is 0 Å². The van der Waals surface area contributed by atoms with Gasteiger partial charge in [-0.1, -0.05) is 6.92 Å². The Kier molecular flexibility index (Phi) is 5.75. The van der Waals surface area contributed by atoms with Crippen LogP contribution in [0.5, 0.6) is 0 Å². The van der Waals surface area contributed by atoms with Gasteiger partial charge in [-0.3, -0.25) is 0 Å². The molecule has 1 saturated heterocycles. The van der Waals surface area contributed by atoms with Gasteiger partial charge in [0.2, 0.25) is 0 Å². The summed E-state index contributed by atoms with van der Waals surface area (Å²) in [5, 5.41) is 3.42. The van der Waals surface area contributed by atoms with Crippen molar-refractivity contribution in [2.24, 2.45) is 5.92 Å². The lowest BCUT2D eigenvalue weighted by Crippen LogP contribution is -2.37. The number of nitrogens with one attached hydrogen (secondary N) is 1. The van der Waals surface area contributed by atoms with Gasteiger partial charge in [0.1, 0.15) is 0 Å². The fourth-order valence-electron chi connectivity index (χ4n) is 2.47. The van der Waals surface area contributed by atoms with Crippen LogP contribution in [0.25, 0.3) is 0 Å². The molecule has 1 aliphatic rings. The lowest BCUT2D eigenvalue weighted by Gasteiger charge is -2.26. The fourth-order valence-corrected chi connectivity index (χ4v) is 2.47. The quantitative estimate of drug-likeness (QED) is 0.701. The van der Waals surface area contributed by atoms with Gasteiger partial charge in [0.05, 0.1) is 6.10 Å². The molecule has 1 N–H and O–H groups in total. The normalized spacial score (nSPS) is 27.1. The van der Waals surface area contributed by atoms with E-state index in [4.69, 9.17) is 4.74 Å². The first-order valence-electron chi connectivity index (χ1n) is 6.02. The van der Waals surface area contributed by atoms with Gasteiger partial charge in [-0.2, -0.15) is 0 Å². The van der Waals surface area contributed by atoms with Crippen LogP contribution < -0.4 is 5.32 Å². The molecule has 1 aliphatic heterocycles. The van der Waals surface area contributed by atoms with Crippen molar-refractivity contribution in [1.82, 2.24) is 5.32 Å². The summed E-state index contributed by atoms with van der Waals surface area (Å²) in [5.74, 6) is 6.77. The molecule has 2 heteroatoms. The van der Waals surface area contributed by atoms with Crippen molar-refractivity contribution in [2.75, 3.05) is 13.7 Å². The lowest BCUT2D eigenvalue weighted by atomic mass is 9.88. The molecule has 0 aromatic carbocycles. The van der Waals surface area contributed by atoms with E-state index in [1.165, 1.54) is 6.42 Å². The maximum absolute atomic E-state index is 5.73. The van der Waals surface area contributed by atoms with Crippen molar-refractivity contribution < 1.29 is 4.74 Å². The Balaban J connectivity index is 2.44. The zero-order valence-corrected chi connectivity index (χ0v) is 10.2. The molecule has 0 bridgehead atoms. The van der Waals surface area contributed by atoms with Gasteiger partial charge in [0, 0.05) is 25.0 Å². The third kappa shape index (κ3) is 3.52. The lowest BCUT2D eigenvalue weighted by molar-refractivity contribution is 0.0775. The number of hydrogen-bond donors (Lipinski definition) is 1. The second kappa shape index (κ2) is 6.87. The third-order valence-corrected chi connectivity index (χ3v) is 3.31. The second-order valence-corrected chi connectivity index (χ2v) is 4.13. The van der Waals surface area contributed by atoms with E-state index in [-0.39, 0.29) is 0 Å². The molecule has 0 saturated carbocycles. The highest BCUT2D eigenvalue weighted by molar-refractivity contribution is 4.97. The van der Waals surface area contributed by atoms with Crippen molar-refractivity contribution in [3.05, 3.63) is 0 Å². The van der Waals surface area contributed by atoms with Crippen LogP contribution in [-0.4, -0.2) is 25.8 Å². The molecule has 0 aromatic rings. The van der Waals surface area contributed by atoms with Crippen LogP contribution in [0.3, 0.4) is 0 Å². The maximum atomic E-state index is 5.73. The molecule has 86 valence electrons. The predicted octanol–water partition coefficient (Wildman–Crippen LogP) is 2.19. The minimum Gasteiger partial charge on any atom is -0.378 e. The summed E-state index contributed by atoms with van der Waals surface area (Å²) in [6.45, 7) is 5.05. The predicted molar refractivity (Wildman–Crippen MR) is 63.7 cm³/mol. The monoisotopic (exact) mass is 209 g/mol. The second-order valence-electron chi connectivity index (χ2n) is 4.13. The van der Waals surface area contributed by atoms with E-state index in [1.807, 2.05) is 6.92 Å². The van der Waals surface area contributed by atoms with Crippen LogP contribution in [0.2, 0.25) is 0 Å². The fraction of sp³-hybridized carbons (Fsp3) is 0.846. The Morgan fingerprint density at radius 3 is 2.93 bits per heavy atom. The van der Waals surface area contributed by atoms with Gasteiger partial charge >= 0.3 is 0 Å². The van der Waals surface area contributed by atoms with Gasteiger partial charge < -0.3 is 10.1 Å². The van der Waals surface area contributed by atoms with Gasteiger partial charge in [0.15, 0.2) is 0 Å². The van der Waals surface area contributed by atoms with Crippen LogP contribution in [0, 0.1) is 17.8 Å². The van der Waals surface area contributed by atoms with Crippen LogP contribution in [0.15, 0.2) is 0 Å². The van der Waals surface area contributed by atoms with Crippen LogP contribution in [0.1, 0.15) is 39.5 Å². The van der Waals surface area contributed by atoms with Crippen molar-refractivity contribution in [2.45, 2.75) is 51.7 Å². The van der Waals surface area contributed by atoms with Crippen LogP contribution in [-0.2, 0) is 4.74 Å². The molecule has 15 heavy (non-hydrogen) atoms. The highest BCUT2D eigenvalue weighted by atomic mass is 16.5. The zero-order valence-electron chi connectivity index (χ0n) is 10.2. The van der Waals surface area contributed by atoms with Crippen LogP contribution in [0.4, 0.5) is 0 Å². The highest BCUT2D eigenvalue weighted by Crippen LogP contribution is 2.28. The number of hydrogen-bond acceptors (Lipinski definition) is 2. The Morgan fingerprint density at radius 2 is 2.33 bits per heavy atom. The summed E-state index contributed by atoms with van der Waals surface area (Å²) in [7, 11) is 2.05. The summed E-state index contributed by atoms with van der Waals surface area (Å²) >= 11 is 0. The van der Waals surface area contributed by atoms with Crippen molar-refractivity contribution in [1.29, 1.82) is 0 Å². The molecule has 3 atom stereocenters. The van der Waals surface area contributed by atoms with E-state index in [9.17, 15) is 0 Å². The van der Waals surface area contributed by atoms with Gasteiger partial charge in [-0.15, -0.1) is 11.8 Å². The number of rotatable bonds is 5. The van der Waals surface area contributed by atoms with Crippen molar-refractivity contribution >= 4 is 0 Å². The molecule has 0 aliphatic carbocycles. The summed E-state index contributed by atoms with van der Waals surface area (Å²) in [6.07, 6.45) is 4.92. The van der Waals surface area contributed by atoms with E-state index in [0.717, 1.165) is 25.9 Å². The minimum absolute atomic E-state index is 0.456. The number of ether oxygens (including phenoxy) is 1. The summed E-state index contributed by atoms with van der Waals surface area (Å²) < 4.78 is 5.73. The Morgan fingerprint density at radius 1 is 1.53 bits per heavy atom. The standard InChI is InChI=1S/C13H23NO/c1-4-6-7-8-12(14-3)11-9-10-15-13(11)5-2/h11-14H,5,7-10H2,1-3H3. The molecule has 0 radical (unpaired) electrons. The van der Waals surface area contributed by atoms with Crippen molar-refractivity contribution in [3.63, 3.8) is 0 Å². The summed E-state index contributed by atoms with van der Waals surface area (Å²) in [5.41, 5.74) is 0. The van der Waals surface area contributed by atoms with Gasteiger partial charge in [0.25, 0.3) is 0 Å². The molecule has 1 fully saturated rings. The molecule has 1 rings (SSSR count). The van der Waals surface area contributed by atoms with E-state index in [0.29, 0.717) is 18.1 Å². The molecule has 1 heterocycles. The minimum atomic E-state index is 0.456. The molecule has 3 unspecified atom stereocenters. The molecule has 0 aromatic heterocycles. The molecule has 0 amide bonds. The van der Waals surface area contributed by atoms with Gasteiger partial charge in [-0.05, 0) is 33.2 Å². The van der Waals surface area contributed by atoms with E-state index < -0.39 is 0 Å². The maximum Gasteiger partial charge on any atom is 0.0616 e. The summed E-state index contributed by atoms with van der Waals surface area (Å²) in [6, 6.07) is 0.568. The topological polar surface area (TPSA) is 21.3 Å². The SMILES string of the molecule is CC#CCCC(NC)C1CCOC1CC. The summed E-state index contributed by atoms with van der Waals surface area (Å²) in [4.78, 5) is 0. The first-order valence-corrected chi connectivity index (χ1v) is 6.02. The van der Waals surface area contributed by atoms with E-state index >= 15 is 0 Å². The Hall–Kier alpha value is -0.520. The molecular formula is C13H23NO. The first-order chi connectivity index (χ1) is 7.33. The average Bonchev–Trinajstić information content (AvgIpc) is 2.72. The van der Waals surface area contributed by atoms with Gasteiger partial charge in [-0.25, -0.2) is 0 Å². The molecule has 2 nitrogen and oxygen atoms in total. The van der Waals surface area contributed by atoms with Crippen molar-refractivity contribution in [3.8, 4) is 11.8 Å².